The lowest BCUT2D eigenvalue weighted by atomic mass is 10.1. The van der Waals surface area contributed by atoms with Gasteiger partial charge in [0.25, 0.3) is 0 Å². The minimum atomic E-state index is 0.156. The Kier molecular flexibility index (Phi) is 5.63. The van der Waals surface area contributed by atoms with E-state index >= 15 is 0 Å². The Balaban J connectivity index is 2.44. The number of nitrogens with one attached hydrogen (secondary N) is 1. The summed E-state index contributed by atoms with van der Waals surface area (Å²) >= 11 is 0. The highest BCUT2D eigenvalue weighted by molar-refractivity contribution is 5.28. The highest BCUT2D eigenvalue weighted by atomic mass is 16.5. The van der Waals surface area contributed by atoms with Crippen LogP contribution in [0, 0.1) is 0 Å². The molecule has 1 N–H and O–H groups in total. The molecule has 3 heteroatoms. The fourth-order valence-electron chi connectivity index (χ4n) is 1.98. The summed E-state index contributed by atoms with van der Waals surface area (Å²) in [5.74, 6) is 0.936. The molecule has 0 aliphatic heterocycles. The van der Waals surface area contributed by atoms with Crippen LogP contribution in [0.4, 0.5) is 0 Å². The van der Waals surface area contributed by atoms with Crippen molar-refractivity contribution >= 4 is 0 Å². The van der Waals surface area contributed by atoms with Gasteiger partial charge in [-0.2, -0.15) is 0 Å². The van der Waals surface area contributed by atoms with Gasteiger partial charge >= 0.3 is 0 Å². The van der Waals surface area contributed by atoms with E-state index < -0.39 is 0 Å². The highest BCUT2D eigenvalue weighted by Gasteiger charge is 2.16. The zero-order valence-corrected chi connectivity index (χ0v) is 12.3. The van der Waals surface area contributed by atoms with Gasteiger partial charge in [0.1, 0.15) is 5.75 Å². The lowest BCUT2D eigenvalue weighted by Gasteiger charge is -2.30. The van der Waals surface area contributed by atoms with Crippen molar-refractivity contribution in [1.82, 2.24) is 10.2 Å². The molecule has 0 amide bonds. The van der Waals surface area contributed by atoms with Crippen LogP contribution in [0.1, 0.15) is 19.4 Å². The van der Waals surface area contributed by atoms with Crippen LogP contribution in [-0.2, 0) is 6.42 Å². The molecule has 0 fully saturated rings. The number of rotatable bonds is 7. The van der Waals surface area contributed by atoms with Crippen LogP contribution >= 0.6 is 0 Å². The molecule has 18 heavy (non-hydrogen) atoms. The van der Waals surface area contributed by atoms with Crippen LogP contribution in [0.15, 0.2) is 24.3 Å². The minimum Gasteiger partial charge on any atom is -0.497 e. The Labute approximate surface area is 111 Å². The van der Waals surface area contributed by atoms with Crippen molar-refractivity contribution in [2.24, 2.45) is 0 Å². The molecule has 0 unspecified atom stereocenters. The first-order valence-corrected chi connectivity index (χ1v) is 6.47. The quantitative estimate of drug-likeness (QED) is 0.802. The predicted molar refractivity (Wildman–Crippen MR) is 77.3 cm³/mol. The number of hydrogen-bond donors (Lipinski definition) is 1. The first-order valence-electron chi connectivity index (χ1n) is 6.47. The third kappa shape index (κ3) is 5.07. The molecule has 0 atom stereocenters. The molecule has 0 spiro atoms. The molecular weight excluding hydrogens is 224 g/mol. The maximum Gasteiger partial charge on any atom is 0.119 e. The topological polar surface area (TPSA) is 24.5 Å². The molecule has 1 aromatic carbocycles. The third-order valence-electron chi connectivity index (χ3n) is 3.26. The Morgan fingerprint density at radius 1 is 1.33 bits per heavy atom. The normalized spacial score (nSPS) is 11.9. The van der Waals surface area contributed by atoms with Crippen LogP contribution < -0.4 is 10.1 Å². The van der Waals surface area contributed by atoms with Crippen LogP contribution in [0.2, 0.25) is 0 Å². The van der Waals surface area contributed by atoms with E-state index in [4.69, 9.17) is 4.74 Å². The van der Waals surface area contributed by atoms with E-state index in [0.29, 0.717) is 0 Å². The number of nitrogens with zero attached hydrogens (tertiary/aromatic N) is 1. The molecule has 1 aromatic rings. The standard InChI is InChI=1S/C15H26N2O/c1-15(2,16-3)12-17(4)10-9-13-7-6-8-14(11-13)18-5/h6-8,11,16H,9-10,12H2,1-5H3. The third-order valence-corrected chi connectivity index (χ3v) is 3.26. The van der Waals surface area contributed by atoms with Gasteiger partial charge in [-0.05, 0) is 52.1 Å². The van der Waals surface area contributed by atoms with E-state index in [9.17, 15) is 0 Å². The van der Waals surface area contributed by atoms with Gasteiger partial charge in [-0.1, -0.05) is 12.1 Å². The molecule has 1 rings (SSSR count). The number of ether oxygens (including phenoxy) is 1. The zero-order valence-electron chi connectivity index (χ0n) is 12.3. The van der Waals surface area contributed by atoms with E-state index in [1.54, 1.807) is 7.11 Å². The summed E-state index contributed by atoms with van der Waals surface area (Å²) in [7, 11) is 5.88. The molecule has 0 saturated carbocycles. The lowest BCUT2D eigenvalue weighted by Crippen LogP contribution is -2.46. The lowest BCUT2D eigenvalue weighted by molar-refractivity contribution is 0.246. The minimum absolute atomic E-state index is 0.156. The Morgan fingerprint density at radius 2 is 2.06 bits per heavy atom. The van der Waals surface area contributed by atoms with Gasteiger partial charge in [0.2, 0.25) is 0 Å². The van der Waals surface area contributed by atoms with Crippen LogP contribution in [0.5, 0.6) is 5.75 Å². The molecule has 0 aliphatic carbocycles. The summed E-state index contributed by atoms with van der Waals surface area (Å²) in [6.45, 7) is 6.52. The van der Waals surface area contributed by atoms with Crippen LogP contribution in [-0.4, -0.2) is 44.7 Å². The van der Waals surface area contributed by atoms with Gasteiger partial charge in [-0.3, -0.25) is 0 Å². The number of methoxy groups -OCH3 is 1. The molecule has 0 heterocycles. The maximum atomic E-state index is 5.24. The predicted octanol–water partition coefficient (Wildman–Crippen LogP) is 2.17. The van der Waals surface area contributed by atoms with Gasteiger partial charge in [0, 0.05) is 18.6 Å². The first kappa shape index (κ1) is 15.0. The Hall–Kier alpha value is -1.06. The average Bonchev–Trinajstić information content (AvgIpc) is 2.36. The summed E-state index contributed by atoms with van der Waals surface area (Å²) in [4.78, 5) is 2.36. The summed E-state index contributed by atoms with van der Waals surface area (Å²) in [5, 5.41) is 3.33. The van der Waals surface area contributed by atoms with Gasteiger partial charge < -0.3 is 15.0 Å². The summed E-state index contributed by atoms with van der Waals surface area (Å²) in [6.07, 6.45) is 1.05. The van der Waals surface area contributed by atoms with Crippen molar-refractivity contribution in [1.29, 1.82) is 0 Å². The fraction of sp³-hybridized carbons (Fsp3) is 0.600. The fourth-order valence-corrected chi connectivity index (χ4v) is 1.98. The van der Waals surface area contributed by atoms with Gasteiger partial charge in [-0.25, -0.2) is 0 Å². The summed E-state index contributed by atoms with van der Waals surface area (Å²) < 4.78 is 5.24. The average molecular weight is 250 g/mol. The Morgan fingerprint density at radius 3 is 2.67 bits per heavy atom. The van der Waals surface area contributed by atoms with Gasteiger partial charge in [-0.15, -0.1) is 0 Å². The highest BCUT2D eigenvalue weighted by Crippen LogP contribution is 2.13. The smallest absolute Gasteiger partial charge is 0.119 e. The largest absolute Gasteiger partial charge is 0.497 e. The molecule has 0 saturated heterocycles. The zero-order chi connectivity index (χ0) is 13.6. The van der Waals surface area contributed by atoms with Crippen LogP contribution in [0.3, 0.4) is 0 Å². The molecular formula is C15H26N2O. The summed E-state index contributed by atoms with van der Waals surface area (Å²) in [5.41, 5.74) is 1.48. The van der Waals surface area contributed by atoms with E-state index in [1.807, 2.05) is 19.2 Å². The SMILES string of the molecule is CNC(C)(C)CN(C)CCc1cccc(OC)c1. The van der Waals surface area contributed by atoms with Crippen molar-refractivity contribution in [2.75, 3.05) is 34.3 Å². The molecule has 0 radical (unpaired) electrons. The molecule has 102 valence electrons. The molecule has 0 bridgehead atoms. The maximum absolute atomic E-state index is 5.24. The number of likely N-dealkylation sites (N-methyl/N-ethyl adjacent to an activating group) is 2. The number of benzene rings is 1. The van der Waals surface area contributed by atoms with Crippen molar-refractivity contribution < 1.29 is 4.74 Å². The summed E-state index contributed by atoms with van der Waals surface area (Å²) in [6, 6.07) is 8.29. The molecule has 0 aliphatic rings. The second-order valence-electron chi connectivity index (χ2n) is 5.47. The first-order chi connectivity index (χ1) is 8.46. The van der Waals surface area contributed by atoms with Crippen molar-refractivity contribution in [3.8, 4) is 5.75 Å². The Bertz CT molecular complexity index is 363. The second-order valence-corrected chi connectivity index (χ2v) is 5.47. The van der Waals surface area contributed by atoms with Gasteiger partial charge in [0.05, 0.1) is 7.11 Å². The molecule has 3 nitrogen and oxygen atoms in total. The van der Waals surface area contributed by atoms with E-state index in [2.05, 4.69) is 43.2 Å². The van der Waals surface area contributed by atoms with E-state index in [0.717, 1.165) is 25.3 Å². The van der Waals surface area contributed by atoms with Crippen LogP contribution in [0.25, 0.3) is 0 Å². The number of hydrogen-bond acceptors (Lipinski definition) is 3. The monoisotopic (exact) mass is 250 g/mol. The van der Waals surface area contributed by atoms with Crippen molar-refractivity contribution in [3.63, 3.8) is 0 Å². The van der Waals surface area contributed by atoms with Crippen molar-refractivity contribution in [2.45, 2.75) is 25.8 Å². The van der Waals surface area contributed by atoms with E-state index in [1.165, 1.54) is 5.56 Å². The molecule has 0 aromatic heterocycles. The van der Waals surface area contributed by atoms with Gasteiger partial charge in [0.15, 0.2) is 0 Å². The van der Waals surface area contributed by atoms with E-state index in [-0.39, 0.29) is 5.54 Å². The second kappa shape index (κ2) is 6.76. The van der Waals surface area contributed by atoms with Crippen molar-refractivity contribution in [3.05, 3.63) is 29.8 Å².